The molecule has 1 aromatic carbocycles. The van der Waals surface area contributed by atoms with Crippen LogP contribution in [0.4, 0.5) is 0 Å². The molecule has 0 atom stereocenters. The molecule has 1 aliphatic rings. The zero-order valence-corrected chi connectivity index (χ0v) is 20.9. The minimum atomic E-state index is -2.74. The van der Waals surface area contributed by atoms with Crippen LogP contribution >= 0.6 is 11.3 Å². The Morgan fingerprint density at radius 2 is 1.61 bits per heavy atom. The van der Waals surface area contributed by atoms with Crippen molar-refractivity contribution in [2.45, 2.75) is 51.8 Å². The lowest BCUT2D eigenvalue weighted by atomic mass is 9.96. The number of carbonyl (C=O) groups is 3. The number of hydrogen-bond donors (Lipinski definition) is 5. The highest BCUT2D eigenvalue weighted by molar-refractivity contribution is 7.10. The van der Waals surface area contributed by atoms with E-state index in [-0.39, 0.29) is 6.61 Å². The Labute approximate surface area is 212 Å². The van der Waals surface area contributed by atoms with Crippen molar-refractivity contribution in [3.05, 3.63) is 45.1 Å². The summed E-state index contributed by atoms with van der Waals surface area (Å²) in [6, 6.07) is 6.30. The molecule has 1 aromatic heterocycles. The number of fused-ring (bicyclic) bond motifs is 1. The third kappa shape index (κ3) is 8.48. The molecule has 12 heteroatoms. The minimum absolute atomic E-state index is 0.222. The molecule has 1 aliphatic heterocycles. The van der Waals surface area contributed by atoms with Crippen molar-refractivity contribution < 1.29 is 49.4 Å². The molecular formula is C24H31NO10S. The number of thiophene rings is 1. The molecule has 2 heterocycles. The van der Waals surface area contributed by atoms with Crippen molar-refractivity contribution in [1.82, 2.24) is 4.90 Å². The number of aryl methyl sites for hydroxylation is 2. The highest BCUT2D eigenvalue weighted by atomic mass is 32.1. The molecule has 0 saturated heterocycles. The summed E-state index contributed by atoms with van der Waals surface area (Å²) in [5.41, 5.74) is 1.07. The lowest BCUT2D eigenvalue weighted by Crippen LogP contribution is -2.42. The van der Waals surface area contributed by atoms with E-state index in [0.717, 1.165) is 37.6 Å². The van der Waals surface area contributed by atoms with Crippen molar-refractivity contribution in [3.8, 4) is 11.5 Å². The van der Waals surface area contributed by atoms with E-state index in [4.69, 9.17) is 29.9 Å². The number of nitrogens with zero attached hydrogens (tertiary/aromatic N) is 1. The predicted octanol–water partition coefficient (Wildman–Crippen LogP) is 2.23. The van der Waals surface area contributed by atoms with Crippen molar-refractivity contribution in [1.29, 1.82) is 0 Å². The zero-order valence-electron chi connectivity index (χ0n) is 20.1. The summed E-state index contributed by atoms with van der Waals surface area (Å²) < 4.78 is 10.9. The number of rotatable bonds is 12. The fourth-order valence-electron chi connectivity index (χ4n) is 3.49. The van der Waals surface area contributed by atoms with E-state index in [2.05, 4.69) is 42.3 Å². The Bertz CT molecular complexity index is 1050. The highest BCUT2D eigenvalue weighted by Crippen LogP contribution is 2.35. The summed E-state index contributed by atoms with van der Waals surface area (Å²) in [5.74, 6) is -3.35. The first-order valence-electron chi connectivity index (χ1n) is 11.1. The maximum absolute atomic E-state index is 10.3. The molecule has 0 aliphatic carbocycles. The largest absolute Gasteiger partial charge is 0.481 e. The molecular weight excluding hydrogens is 494 g/mol. The summed E-state index contributed by atoms with van der Waals surface area (Å²) in [6.07, 6.45) is -1.50. The average molecular weight is 526 g/mol. The number of aliphatic hydroxyl groups excluding tert-OH is 1. The molecule has 0 bridgehead atoms. The molecule has 0 radical (unpaired) electrons. The highest BCUT2D eigenvalue weighted by Gasteiger charge is 2.40. The molecule has 0 fully saturated rings. The van der Waals surface area contributed by atoms with E-state index >= 15 is 0 Å². The van der Waals surface area contributed by atoms with Crippen LogP contribution in [0.5, 0.6) is 11.5 Å². The summed E-state index contributed by atoms with van der Waals surface area (Å²) >= 11 is 1.80. The lowest BCUT2D eigenvalue weighted by Gasteiger charge is -2.23. The van der Waals surface area contributed by atoms with Crippen LogP contribution in [-0.4, -0.2) is 73.9 Å². The second kappa shape index (κ2) is 13.2. The predicted molar refractivity (Wildman–Crippen MR) is 129 cm³/mol. The van der Waals surface area contributed by atoms with Crippen molar-refractivity contribution in [2.75, 3.05) is 19.9 Å². The number of aliphatic hydroxyl groups is 2. The average Bonchev–Trinajstić information content (AvgIpc) is 3.39. The first kappa shape index (κ1) is 29.0. The van der Waals surface area contributed by atoms with Gasteiger partial charge in [-0.15, -0.1) is 11.3 Å². The third-order valence-electron chi connectivity index (χ3n) is 5.48. The number of ether oxygens (including phenoxy) is 2. The molecule has 0 spiro atoms. The molecule has 3 rings (SSSR count). The number of benzene rings is 1. The van der Waals surface area contributed by atoms with Gasteiger partial charge in [0.25, 0.3) is 0 Å². The van der Waals surface area contributed by atoms with Gasteiger partial charge in [0.15, 0.2) is 17.1 Å². The zero-order chi connectivity index (χ0) is 26.9. The van der Waals surface area contributed by atoms with Crippen LogP contribution in [0, 0.1) is 13.8 Å². The van der Waals surface area contributed by atoms with Crippen LogP contribution in [0.2, 0.25) is 0 Å². The third-order valence-corrected chi connectivity index (χ3v) is 6.49. The number of carboxylic acid groups (broad SMARTS) is 3. The van der Waals surface area contributed by atoms with Crippen LogP contribution in [0.15, 0.2) is 23.6 Å². The Balaban J connectivity index is 0.000000302. The monoisotopic (exact) mass is 525 g/mol. The van der Waals surface area contributed by atoms with E-state index in [0.29, 0.717) is 6.79 Å². The maximum atomic E-state index is 10.3. The first-order chi connectivity index (χ1) is 16.9. The maximum Gasteiger partial charge on any atom is 0.336 e. The van der Waals surface area contributed by atoms with Crippen LogP contribution in [-0.2, 0) is 27.5 Å². The standard InChI is InChI=1S/C18H23NO3S.C6H8O7/c1-13-4-7-23-18(13)11-19(5-3-6-20)10-15-9-17-16(8-14(15)2)21-12-22-17;7-3(8)1-6(13,5(11)12)2-4(9)10/h4,7-9,20H,3,5-6,10-12H2,1-2H3;13H,1-2H2,(H,7,8)(H,9,10)(H,11,12). The van der Waals surface area contributed by atoms with Crippen molar-refractivity contribution >= 4 is 29.2 Å². The van der Waals surface area contributed by atoms with Gasteiger partial charge in [0.05, 0.1) is 12.8 Å². The second-order valence-corrected chi connectivity index (χ2v) is 9.42. The Hall–Kier alpha value is -3.19. The summed E-state index contributed by atoms with van der Waals surface area (Å²) in [7, 11) is 0. The minimum Gasteiger partial charge on any atom is -0.481 e. The number of aliphatic carboxylic acids is 3. The van der Waals surface area contributed by atoms with Crippen LogP contribution in [0.1, 0.15) is 40.8 Å². The molecule has 0 amide bonds. The fourth-order valence-corrected chi connectivity index (χ4v) is 4.44. The van der Waals surface area contributed by atoms with E-state index in [9.17, 15) is 19.5 Å². The van der Waals surface area contributed by atoms with E-state index in [1.54, 1.807) is 11.3 Å². The Morgan fingerprint density at radius 1 is 1.00 bits per heavy atom. The fraction of sp³-hybridized carbons (Fsp3) is 0.458. The van der Waals surface area contributed by atoms with Crippen molar-refractivity contribution in [3.63, 3.8) is 0 Å². The number of hydrogen-bond acceptors (Lipinski definition) is 9. The van der Waals surface area contributed by atoms with Gasteiger partial charge in [0.2, 0.25) is 6.79 Å². The molecule has 198 valence electrons. The molecule has 36 heavy (non-hydrogen) atoms. The molecule has 11 nitrogen and oxygen atoms in total. The van der Waals surface area contributed by atoms with Gasteiger partial charge < -0.3 is 35.0 Å². The summed E-state index contributed by atoms with van der Waals surface area (Å²) in [4.78, 5) is 34.3. The van der Waals surface area contributed by atoms with Crippen LogP contribution < -0.4 is 9.47 Å². The molecule has 0 unspecified atom stereocenters. The van der Waals surface area contributed by atoms with E-state index in [1.807, 2.05) is 0 Å². The molecule has 2 aromatic rings. The smallest absolute Gasteiger partial charge is 0.336 e. The quantitative estimate of drug-likeness (QED) is 0.275. The Morgan fingerprint density at radius 3 is 2.11 bits per heavy atom. The van der Waals surface area contributed by atoms with Gasteiger partial charge in [-0.2, -0.15) is 0 Å². The van der Waals surface area contributed by atoms with Gasteiger partial charge in [-0.1, -0.05) is 0 Å². The van der Waals surface area contributed by atoms with E-state index < -0.39 is 36.4 Å². The van der Waals surface area contributed by atoms with Gasteiger partial charge in [-0.05, 0) is 60.5 Å². The van der Waals surface area contributed by atoms with Gasteiger partial charge in [0, 0.05) is 31.1 Å². The topological polar surface area (TPSA) is 174 Å². The van der Waals surface area contributed by atoms with Crippen LogP contribution in [0.25, 0.3) is 0 Å². The Kier molecular flexibility index (Phi) is 10.7. The molecule has 5 N–H and O–H groups in total. The van der Waals surface area contributed by atoms with Gasteiger partial charge in [-0.25, -0.2) is 4.79 Å². The van der Waals surface area contributed by atoms with Crippen molar-refractivity contribution in [2.24, 2.45) is 0 Å². The summed E-state index contributed by atoms with van der Waals surface area (Å²) in [5, 5.41) is 45.1. The van der Waals surface area contributed by atoms with E-state index in [1.165, 1.54) is 21.6 Å². The second-order valence-electron chi connectivity index (χ2n) is 8.42. The normalized spacial score (nSPS) is 12.2. The van der Waals surface area contributed by atoms with Crippen LogP contribution in [0.3, 0.4) is 0 Å². The van der Waals surface area contributed by atoms with Gasteiger partial charge in [-0.3, -0.25) is 14.5 Å². The number of carboxylic acids is 3. The first-order valence-corrected chi connectivity index (χ1v) is 12.0. The van der Waals surface area contributed by atoms with Gasteiger partial charge in [0.1, 0.15) is 0 Å². The van der Waals surface area contributed by atoms with Gasteiger partial charge >= 0.3 is 17.9 Å². The lowest BCUT2D eigenvalue weighted by molar-refractivity contribution is -0.170. The molecule has 0 saturated carbocycles. The SMILES string of the molecule is Cc1cc2c(cc1CN(CCCO)Cc1sccc1C)OCO2.O=C(O)CC(O)(CC(=O)O)C(=O)O. The summed E-state index contributed by atoms with van der Waals surface area (Å²) in [6.45, 7) is 7.43.